The first-order valence-electron chi connectivity index (χ1n) is 13.0. The molecule has 0 radical (unpaired) electrons. The van der Waals surface area contributed by atoms with Crippen LogP contribution in [-0.2, 0) is 37.1 Å². The van der Waals surface area contributed by atoms with E-state index >= 15 is 0 Å². The van der Waals surface area contributed by atoms with Crippen LogP contribution in [0.15, 0.2) is 11.1 Å². The molecule has 0 aliphatic heterocycles. The normalized spacial score (nSPS) is 24.1. The Balaban J connectivity index is 2.23. The maximum absolute atomic E-state index is 14.2. The van der Waals surface area contributed by atoms with Crippen molar-refractivity contribution < 1.29 is 37.1 Å². The Labute approximate surface area is 233 Å². The maximum Gasteiger partial charge on any atom is 0.356 e. The van der Waals surface area contributed by atoms with Gasteiger partial charge in [-0.15, -0.1) is 0 Å². The minimum atomic E-state index is -3.74. The van der Waals surface area contributed by atoms with Gasteiger partial charge in [0.05, 0.1) is 19.5 Å². The van der Waals surface area contributed by atoms with Crippen molar-refractivity contribution in [3.8, 4) is 0 Å². The van der Waals surface area contributed by atoms with Gasteiger partial charge in [-0.3, -0.25) is 23.9 Å². The van der Waals surface area contributed by atoms with E-state index in [1.165, 1.54) is 17.8 Å². The van der Waals surface area contributed by atoms with Crippen LogP contribution >= 0.6 is 7.60 Å². The zero-order valence-electron chi connectivity index (χ0n) is 24.5. The molecule has 0 spiro atoms. The van der Waals surface area contributed by atoms with Gasteiger partial charge in [0.2, 0.25) is 5.95 Å². The predicted octanol–water partition coefficient (Wildman–Crippen LogP) is 3.15. The number of H-pyrrole nitrogens is 1. The number of aromatic amines is 1. The number of nitrogens with two attached hydrogens (primary N) is 1. The van der Waals surface area contributed by atoms with E-state index in [1.807, 2.05) is 33.9 Å². The third-order valence-electron chi connectivity index (χ3n) is 7.30. The molecular formula is C24H40N5O9PSi. The molecule has 16 heteroatoms. The third kappa shape index (κ3) is 6.09. The number of imidazole rings is 1. The molecule has 1 fully saturated rings. The van der Waals surface area contributed by atoms with Crippen molar-refractivity contribution in [2.75, 3.05) is 25.3 Å². The lowest BCUT2D eigenvalue weighted by atomic mass is 9.97. The van der Waals surface area contributed by atoms with Crippen LogP contribution in [-0.4, -0.2) is 77.0 Å². The van der Waals surface area contributed by atoms with Crippen LogP contribution in [0.25, 0.3) is 11.2 Å². The van der Waals surface area contributed by atoms with Gasteiger partial charge >= 0.3 is 13.6 Å². The second-order valence-electron chi connectivity index (χ2n) is 11.3. The Morgan fingerprint density at radius 3 is 2.35 bits per heavy atom. The number of carbonyl (C=O) groups is 2. The third-order valence-corrected chi connectivity index (χ3v) is 13.6. The molecule has 1 saturated carbocycles. The zero-order valence-corrected chi connectivity index (χ0v) is 26.4. The van der Waals surface area contributed by atoms with E-state index in [0.29, 0.717) is 0 Å². The number of hydrogen-bond acceptors (Lipinski definition) is 12. The van der Waals surface area contributed by atoms with Gasteiger partial charge in [-0.05, 0) is 38.9 Å². The number of esters is 1. The van der Waals surface area contributed by atoms with Gasteiger partial charge in [0.25, 0.3) is 5.56 Å². The summed E-state index contributed by atoms with van der Waals surface area (Å²) in [6.45, 7) is 16.4. The molecule has 14 nitrogen and oxygen atoms in total. The molecule has 0 saturated heterocycles. The summed E-state index contributed by atoms with van der Waals surface area (Å²) in [6, 6.07) is -1.21. The Kier molecular flexibility index (Phi) is 9.19. The van der Waals surface area contributed by atoms with E-state index in [-0.39, 0.29) is 35.4 Å². The van der Waals surface area contributed by atoms with Crippen molar-refractivity contribution in [2.24, 2.45) is 0 Å². The van der Waals surface area contributed by atoms with Gasteiger partial charge in [-0.25, -0.2) is 4.98 Å². The van der Waals surface area contributed by atoms with Gasteiger partial charge in [-0.1, -0.05) is 20.8 Å². The van der Waals surface area contributed by atoms with E-state index in [2.05, 4.69) is 15.0 Å². The Morgan fingerprint density at radius 2 is 1.82 bits per heavy atom. The standard InChI is InChI=1S/C24H40N5O9PSi/c1-10-35-39(33,36-11-2)13-34-17-16(31)18(29-12-26-15-20(29)27-22(25)28-21(15)32)24(7,19(17)37-14(3)30)38-40(8,9)23(4,5)6/h12,17-19H,10-11,13H2,1-9H3,(H3,25,27,28,32)/t17-,18+,19-,24-/m0/s1. The number of ketones is 1. The number of nitrogens with zero attached hydrogens (tertiary/aromatic N) is 3. The minimum Gasteiger partial charge on any atom is -0.456 e. The number of nitrogen functional groups attached to an aromatic ring is 1. The molecule has 2 aromatic rings. The van der Waals surface area contributed by atoms with Crippen molar-refractivity contribution in [2.45, 2.75) is 90.4 Å². The number of aromatic nitrogens is 4. The molecule has 1 aliphatic rings. The molecule has 0 aromatic carbocycles. The topological polar surface area (TPSA) is 187 Å². The summed E-state index contributed by atoms with van der Waals surface area (Å²) in [7, 11) is -6.41. The minimum absolute atomic E-state index is 0.0396. The summed E-state index contributed by atoms with van der Waals surface area (Å²) < 4.78 is 43.8. The SMILES string of the molecule is CCOP(=O)(CO[C@H]1C(=O)[C@@H](n2cnc3c(=O)[nH]c(N)nc32)[C@](C)(O[Si](C)(C)C(C)(C)C)[C@H]1OC(C)=O)OCC. The van der Waals surface area contributed by atoms with E-state index in [0.717, 1.165) is 0 Å². The second kappa shape index (κ2) is 11.5. The average molecular weight is 602 g/mol. The Bertz CT molecular complexity index is 1360. The van der Waals surface area contributed by atoms with Gasteiger partial charge in [-0.2, -0.15) is 4.98 Å². The van der Waals surface area contributed by atoms with Gasteiger partial charge in [0.1, 0.15) is 18.0 Å². The maximum atomic E-state index is 14.2. The van der Waals surface area contributed by atoms with Crippen LogP contribution in [0.3, 0.4) is 0 Å². The van der Waals surface area contributed by atoms with Crippen molar-refractivity contribution in [3.05, 3.63) is 16.7 Å². The second-order valence-corrected chi connectivity index (χ2v) is 18.0. The van der Waals surface area contributed by atoms with Crippen molar-refractivity contribution in [3.63, 3.8) is 0 Å². The molecule has 3 rings (SSSR count). The first kappa shape index (κ1) is 32.1. The fourth-order valence-electron chi connectivity index (χ4n) is 4.61. The number of nitrogens with one attached hydrogen (secondary N) is 1. The quantitative estimate of drug-likeness (QED) is 0.218. The monoisotopic (exact) mass is 601 g/mol. The molecule has 2 aromatic heterocycles. The first-order valence-corrected chi connectivity index (χ1v) is 17.7. The highest BCUT2D eigenvalue weighted by molar-refractivity contribution is 7.53. The van der Waals surface area contributed by atoms with Crippen molar-refractivity contribution in [1.82, 2.24) is 19.5 Å². The lowest BCUT2D eigenvalue weighted by Crippen LogP contribution is -2.57. The number of ether oxygens (including phenoxy) is 2. The fourth-order valence-corrected chi connectivity index (χ4v) is 7.60. The van der Waals surface area contributed by atoms with E-state index in [9.17, 15) is 18.9 Å². The summed E-state index contributed by atoms with van der Waals surface area (Å²) in [5, 5.41) is -0.306. The number of anilines is 1. The molecule has 224 valence electrons. The Hall–Kier alpha value is -2.42. The summed E-state index contributed by atoms with van der Waals surface area (Å²) in [5.41, 5.74) is 3.71. The summed E-state index contributed by atoms with van der Waals surface area (Å²) >= 11 is 0. The van der Waals surface area contributed by atoms with Crippen molar-refractivity contribution >= 4 is 44.8 Å². The molecule has 3 N–H and O–H groups in total. The van der Waals surface area contributed by atoms with Gasteiger partial charge in [0, 0.05) is 6.92 Å². The van der Waals surface area contributed by atoms with Crippen LogP contribution < -0.4 is 11.3 Å². The van der Waals surface area contributed by atoms with Crippen LogP contribution in [0.2, 0.25) is 18.1 Å². The molecule has 1 aliphatic carbocycles. The van der Waals surface area contributed by atoms with E-state index in [1.54, 1.807) is 20.8 Å². The molecule has 2 heterocycles. The highest BCUT2D eigenvalue weighted by Crippen LogP contribution is 2.52. The van der Waals surface area contributed by atoms with Crippen LogP contribution in [0.4, 0.5) is 5.95 Å². The fraction of sp³-hybridized carbons (Fsp3) is 0.708. The Morgan fingerprint density at radius 1 is 1.23 bits per heavy atom. The summed E-state index contributed by atoms with van der Waals surface area (Å²) in [4.78, 5) is 49.9. The van der Waals surface area contributed by atoms with Crippen LogP contribution in [0.1, 0.15) is 54.5 Å². The van der Waals surface area contributed by atoms with E-state index in [4.69, 9.17) is 28.7 Å². The summed E-state index contributed by atoms with van der Waals surface area (Å²) in [5.74, 6) is -1.41. The van der Waals surface area contributed by atoms with Crippen LogP contribution in [0.5, 0.6) is 0 Å². The smallest absolute Gasteiger partial charge is 0.356 e. The number of fused-ring (bicyclic) bond motifs is 1. The molecular weight excluding hydrogens is 561 g/mol. The molecule has 0 unspecified atom stereocenters. The zero-order chi connectivity index (χ0) is 30.3. The first-order chi connectivity index (χ1) is 18.4. The highest BCUT2D eigenvalue weighted by atomic mass is 31.2. The largest absolute Gasteiger partial charge is 0.456 e. The van der Waals surface area contributed by atoms with Crippen molar-refractivity contribution in [1.29, 1.82) is 0 Å². The van der Waals surface area contributed by atoms with Crippen LogP contribution in [0, 0.1) is 0 Å². The van der Waals surface area contributed by atoms with Gasteiger partial charge in [0.15, 0.2) is 37.5 Å². The van der Waals surface area contributed by atoms with E-state index < -0.39 is 63.4 Å². The number of carbonyl (C=O) groups excluding carboxylic acids is 2. The van der Waals surface area contributed by atoms with Gasteiger partial charge < -0.3 is 33.2 Å². The molecule has 4 atom stereocenters. The summed E-state index contributed by atoms with van der Waals surface area (Å²) in [6.07, 6.45) is -1.97. The number of rotatable bonds is 11. The molecule has 0 amide bonds. The molecule has 0 bridgehead atoms. The number of Topliss-reactive ketones (excluding diaryl/α,β-unsaturated/α-hetero) is 1. The predicted molar refractivity (Wildman–Crippen MR) is 149 cm³/mol. The molecule has 40 heavy (non-hydrogen) atoms. The lowest BCUT2D eigenvalue weighted by molar-refractivity contribution is -0.168. The highest BCUT2D eigenvalue weighted by Gasteiger charge is 2.65. The lowest BCUT2D eigenvalue weighted by Gasteiger charge is -2.46. The number of hydrogen-bond donors (Lipinski definition) is 2. The average Bonchev–Trinajstić information content (AvgIpc) is 3.28.